The van der Waals surface area contributed by atoms with E-state index in [1.807, 2.05) is 6.08 Å². The molecule has 0 aromatic rings. The van der Waals surface area contributed by atoms with Crippen molar-refractivity contribution in [1.29, 1.82) is 0 Å². The van der Waals surface area contributed by atoms with Crippen LogP contribution in [-0.2, 0) is 9.53 Å². The first-order valence-electron chi connectivity index (χ1n) is 4.19. The zero-order valence-electron chi connectivity index (χ0n) is 7.81. The Morgan fingerprint density at radius 3 is 2.83 bits per heavy atom. The fourth-order valence-electron chi connectivity index (χ4n) is 1.16. The van der Waals surface area contributed by atoms with Gasteiger partial charge in [0.1, 0.15) is 5.70 Å². The van der Waals surface area contributed by atoms with Crippen LogP contribution in [0.3, 0.4) is 0 Å². The molecule has 0 radical (unpaired) electrons. The number of esters is 1. The van der Waals surface area contributed by atoms with Crippen LogP contribution in [0.1, 0.15) is 20.8 Å². The molecular formula is C9H15NO2. The molecule has 1 heterocycles. The summed E-state index contributed by atoms with van der Waals surface area (Å²) in [7, 11) is 0. The molecule has 0 spiro atoms. The summed E-state index contributed by atoms with van der Waals surface area (Å²) in [6, 6.07) is 0. The molecule has 3 nitrogen and oxygen atoms in total. The van der Waals surface area contributed by atoms with Gasteiger partial charge < -0.3 is 10.1 Å². The Balaban J connectivity index is 2.60. The van der Waals surface area contributed by atoms with Crippen LogP contribution in [0.2, 0.25) is 0 Å². The molecule has 12 heavy (non-hydrogen) atoms. The second kappa shape index (κ2) is 3.17. The van der Waals surface area contributed by atoms with Crippen LogP contribution in [0.25, 0.3) is 0 Å². The molecule has 3 heteroatoms. The highest BCUT2D eigenvalue weighted by Gasteiger charge is 2.26. The number of ether oxygens (including phenoxy) is 1. The topological polar surface area (TPSA) is 38.3 Å². The number of hydrogen-bond acceptors (Lipinski definition) is 3. The maximum absolute atomic E-state index is 11.2. The largest absolute Gasteiger partial charge is 0.461 e. The fraction of sp³-hybridized carbons (Fsp3) is 0.667. The van der Waals surface area contributed by atoms with Gasteiger partial charge in [-0.2, -0.15) is 0 Å². The van der Waals surface area contributed by atoms with Gasteiger partial charge in [0.2, 0.25) is 0 Å². The highest BCUT2D eigenvalue weighted by Crippen LogP contribution is 2.23. The van der Waals surface area contributed by atoms with E-state index in [4.69, 9.17) is 4.74 Å². The Hall–Kier alpha value is -0.990. The lowest BCUT2D eigenvalue weighted by atomic mass is 9.96. The van der Waals surface area contributed by atoms with Gasteiger partial charge in [0.05, 0.1) is 6.61 Å². The molecule has 1 aliphatic rings. The van der Waals surface area contributed by atoms with Gasteiger partial charge in [0, 0.05) is 12.0 Å². The maximum Gasteiger partial charge on any atom is 0.354 e. The quantitative estimate of drug-likeness (QED) is 0.628. The molecule has 0 saturated carbocycles. The smallest absolute Gasteiger partial charge is 0.354 e. The molecule has 0 aromatic heterocycles. The van der Waals surface area contributed by atoms with Crippen LogP contribution in [0, 0.1) is 5.41 Å². The molecule has 0 unspecified atom stereocenters. The monoisotopic (exact) mass is 169 g/mol. The normalized spacial score (nSPS) is 19.8. The molecular weight excluding hydrogens is 154 g/mol. The van der Waals surface area contributed by atoms with E-state index >= 15 is 0 Å². The van der Waals surface area contributed by atoms with E-state index in [1.165, 1.54) is 0 Å². The van der Waals surface area contributed by atoms with E-state index < -0.39 is 0 Å². The van der Waals surface area contributed by atoms with Crippen molar-refractivity contribution >= 4 is 5.97 Å². The first kappa shape index (κ1) is 9.10. The van der Waals surface area contributed by atoms with Crippen molar-refractivity contribution in [2.24, 2.45) is 5.41 Å². The minimum absolute atomic E-state index is 0.0715. The average molecular weight is 169 g/mol. The predicted octanol–water partition coefficient (Wildman–Crippen LogP) is 1.06. The third-order valence-electron chi connectivity index (χ3n) is 1.76. The van der Waals surface area contributed by atoms with Crippen molar-refractivity contribution in [2.75, 3.05) is 13.2 Å². The summed E-state index contributed by atoms with van der Waals surface area (Å²) in [5, 5.41) is 3.02. The molecule has 0 amide bonds. The Morgan fingerprint density at radius 1 is 1.75 bits per heavy atom. The van der Waals surface area contributed by atoms with E-state index in [2.05, 4.69) is 19.2 Å². The first-order chi connectivity index (χ1) is 5.55. The van der Waals surface area contributed by atoms with E-state index in [9.17, 15) is 4.79 Å². The molecule has 0 atom stereocenters. The number of carbonyl (C=O) groups excluding carboxylic acids is 1. The van der Waals surface area contributed by atoms with Crippen LogP contribution in [0.5, 0.6) is 0 Å². The van der Waals surface area contributed by atoms with Gasteiger partial charge in [0.25, 0.3) is 0 Å². The average Bonchev–Trinajstić information content (AvgIpc) is 2.31. The van der Waals surface area contributed by atoms with Crippen molar-refractivity contribution in [3.63, 3.8) is 0 Å². The summed E-state index contributed by atoms with van der Waals surface area (Å²) in [6.45, 7) is 7.19. The number of rotatable bonds is 2. The molecule has 0 aliphatic carbocycles. The molecule has 68 valence electrons. The van der Waals surface area contributed by atoms with Gasteiger partial charge in [-0.15, -0.1) is 0 Å². The Bertz CT molecular complexity index is 219. The van der Waals surface area contributed by atoms with Crippen LogP contribution in [0.4, 0.5) is 0 Å². The molecule has 0 aromatic carbocycles. The SMILES string of the molecule is CCOC(=O)C1=CC(C)(C)CN1. The molecule has 0 fully saturated rings. The lowest BCUT2D eigenvalue weighted by molar-refractivity contribution is -0.138. The van der Waals surface area contributed by atoms with Gasteiger partial charge in [-0.1, -0.05) is 13.8 Å². The first-order valence-corrected chi connectivity index (χ1v) is 4.19. The van der Waals surface area contributed by atoms with Crippen molar-refractivity contribution in [3.8, 4) is 0 Å². The van der Waals surface area contributed by atoms with Crippen molar-refractivity contribution in [1.82, 2.24) is 5.32 Å². The predicted molar refractivity (Wildman–Crippen MR) is 46.5 cm³/mol. The van der Waals surface area contributed by atoms with Crippen LogP contribution >= 0.6 is 0 Å². The van der Waals surface area contributed by atoms with Gasteiger partial charge in [0.15, 0.2) is 0 Å². The summed E-state index contributed by atoms with van der Waals surface area (Å²) >= 11 is 0. The second-order valence-electron chi connectivity index (χ2n) is 3.62. The van der Waals surface area contributed by atoms with E-state index in [-0.39, 0.29) is 11.4 Å². The minimum atomic E-state index is -0.247. The van der Waals surface area contributed by atoms with Crippen LogP contribution in [-0.4, -0.2) is 19.1 Å². The maximum atomic E-state index is 11.2. The van der Waals surface area contributed by atoms with Gasteiger partial charge in [-0.3, -0.25) is 0 Å². The highest BCUT2D eigenvalue weighted by atomic mass is 16.5. The summed E-state index contributed by atoms with van der Waals surface area (Å²) < 4.78 is 4.85. The lowest BCUT2D eigenvalue weighted by Gasteiger charge is -2.10. The zero-order valence-corrected chi connectivity index (χ0v) is 7.81. The van der Waals surface area contributed by atoms with Crippen molar-refractivity contribution in [2.45, 2.75) is 20.8 Å². The number of hydrogen-bond donors (Lipinski definition) is 1. The number of carbonyl (C=O) groups is 1. The summed E-state index contributed by atoms with van der Waals surface area (Å²) in [6.07, 6.45) is 1.92. The molecule has 0 bridgehead atoms. The number of nitrogens with one attached hydrogen (secondary N) is 1. The summed E-state index contributed by atoms with van der Waals surface area (Å²) in [5.41, 5.74) is 0.670. The standard InChI is InChI=1S/C9H15NO2/c1-4-12-8(11)7-5-9(2,3)6-10-7/h5,10H,4,6H2,1-3H3. The Morgan fingerprint density at radius 2 is 2.42 bits per heavy atom. The van der Waals surface area contributed by atoms with Gasteiger partial charge in [-0.25, -0.2) is 4.79 Å². The lowest BCUT2D eigenvalue weighted by Crippen LogP contribution is -2.21. The third-order valence-corrected chi connectivity index (χ3v) is 1.76. The van der Waals surface area contributed by atoms with Crippen LogP contribution < -0.4 is 5.32 Å². The third kappa shape index (κ3) is 2.00. The van der Waals surface area contributed by atoms with Gasteiger partial charge in [-0.05, 0) is 13.0 Å². The molecule has 0 saturated heterocycles. The van der Waals surface area contributed by atoms with E-state index in [0.717, 1.165) is 6.54 Å². The van der Waals surface area contributed by atoms with Crippen molar-refractivity contribution in [3.05, 3.63) is 11.8 Å². The molecule has 1 N–H and O–H groups in total. The summed E-state index contributed by atoms with van der Waals surface area (Å²) in [4.78, 5) is 11.2. The second-order valence-corrected chi connectivity index (χ2v) is 3.62. The fourth-order valence-corrected chi connectivity index (χ4v) is 1.16. The Labute approximate surface area is 72.8 Å². The summed E-state index contributed by atoms with van der Waals surface area (Å²) in [5.74, 6) is -0.247. The van der Waals surface area contributed by atoms with Gasteiger partial charge >= 0.3 is 5.97 Å². The minimum Gasteiger partial charge on any atom is -0.461 e. The van der Waals surface area contributed by atoms with Crippen LogP contribution in [0.15, 0.2) is 11.8 Å². The van der Waals surface area contributed by atoms with E-state index in [1.54, 1.807) is 6.92 Å². The molecule has 1 rings (SSSR count). The highest BCUT2D eigenvalue weighted by molar-refractivity contribution is 5.88. The Kier molecular flexibility index (Phi) is 2.40. The van der Waals surface area contributed by atoms with E-state index in [0.29, 0.717) is 12.3 Å². The molecule has 1 aliphatic heterocycles. The zero-order chi connectivity index (χ0) is 9.19. The van der Waals surface area contributed by atoms with Crippen molar-refractivity contribution < 1.29 is 9.53 Å².